The monoisotopic (exact) mass is 316 g/mol. The highest BCUT2D eigenvalue weighted by Gasteiger charge is 2.35. The van der Waals surface area contributed by atoms with E-state index in [0.29, 0.717) is 23.0 Å². The summed E-state index contributed by atoms with van der Waals surface area (Å²) in [5, 5.41) is 28.4. The molecule has 1 fully saturated rings. The molecule has 2 aromatic rings. The molecule has 120 valence electrons. The van der Waals surface area contributed by atoms with Crippen molar-refractivity contribution in [3.8, 4) is 6.07 Å². The van der Waals surface area contributed by atoms with Crippen LogP contribution in [0.15, 0.2) is 12.3 Å². The first kappa shape index (κ1) is 15.2. The molecule has 1 saturated heterocycles. The topological polar surface area (TPSA) is 156 Å². The molecule has 0 saturated carbocycles. The number of aliphatic hydroxyl groups excluding tert-OH is 2. The Kier molecular flexibility index (Phi) is 3.87. The van der Waals surface area contributed by atoms with E-state index in [1.807, 2.05) is 6.07 Å². The minimum absolute atomic E-state index is 0.0161. The van der Waals surface area contributed by atoms with Gasteiger partial charge >= 0.3 is 0 Å². The van der Waals surface area contributed by atoms with Gasteiger partial charge in [-0.3, -0.25) is 0 Å². The van der Waals surface area contributed by atoms with Crippen molar-refractivity contribution in [2.75, 3.05) is 18.1 Å². The van der Waals surface area contributed by atoms with Gasteiger partial charge in [0.1, 0.15) is 23.8 Å². The normalized spacial score (nSPS) is 24.5. The Morgan fingerprint density at radius 1 is 1.48 bits per heavy atom. The Bertz CT molecular complexity index is 809. The van der Waals surface area contributed by atoms with Crippen LogP contribution < -0.4 is 11.5 Å². The van der Waals surface area contributed by atoms with Crippen molar-refractivity contribution < 1.29 is 14.9 Å². The van der Waals surface area contributed by atoms with Crippen molar-refractivity contribution in [2.24, 2.45) is 0 Å². The van der Waals surface area contributed by atoms with Crippen LogP contribution in [0.2, 0.25) is 0 Å². The van der Waals surface area contributed by atoms with E-state index in [4.69, 9.17) is 21.5 Å². The molecule has 1 aliphatic heterocycles. The average molecular weight is 316 g/mol. The second-order valence-corrected chi connectivity index (χ2v) is 5.23. The van der Waals surface area contributed by atoms with E-state index >= 15 is 0 Å². The lowest BCUT2D eigenvalue weighted by Crippen LogP contribution is -2.24. The van der Waals surface area contributed by atoms with Crippen molar-refractivity contribution in [3.63, 3.8) is 0 Å². The third-order valence-corrected chi connectivity index (χ3v) is 3.78. The van der Waals surface area contributed by atoms with Gasteiger partial charge in [0.05, 0.1) is 24.2 Å². The molecule has 0 amide bonds. The van der Waals surface area contributed by atoms with Gasteiger partial charge in [-0.15, -0.1) is 0 Å². The van der Waals surface area contributed by atoms with Crippen LogP contribution in [0.1, 0.15) is 18.2 Å². The molecular weight excluding hydrogens is 300 g/mol. The smallest absolute Gasteiger partial charge is 0.223 e. The number of nitrogen functional groups attached to an aromatic ring is 2. The molecule has 23 heavy (non-hydrogen) atoms. The molecular formula is C14H16N6O3. The molecule has 3 atom stereocenters. The van der Waals surface area contributed by atoms with Crippen LogP contribution in [0.3, 0.4) is 0 Å². The van der Waals surface area contributed by atoms with Gasteiger partial charge in [0.2, 0.25) is 5.95 Å². The molecule has 0 spiro atoms. The Morgan fingerprint density at radius 3 is 2.91 bits per heavy atom. The number of hydrogen-bond donors (Lipinski definition) is 4. The summed E-state index contributed by atoms with van der Waals surface area (Å²) in [4.78, 5) is 8.13. The second-order valence-electron chi connectivity index (χ2n) is 5.23. The van der Waals surface area contributed by atoms with Gasteiger partial charge < -0.3 is 31.0 Å². The summed E-state index contributed by atoms with van der Waals surface area (Å²) < 4.78 is 7.33. The molecule has 0 radical (unpaired) electrons. The first-order valence-electron chi connectivity index (χ1n) is 6.99. The van der Waals surface area contributed by atoms with Crippen molar-refractivity contribution in [1.29, 1.82) is 5.26 Å². The molecule has 0 aliphatic carbocycles. The average Bonchev–Trinajstić information content (AvgIpc) is 3.05. The highest BCUT2D eigenvalue weighted by atomic mass is 16.5. The number of nitrogens with two attached hydrogens (primary N) is 2. The number of rotatable bonds is 3. The molecule has 9 nitrogen and oxygen atoms in total. The van der Waals surface area contributed by atoms with Gasteiger partial charge in [-0.2, -0.15) is 15.2 Å². The lowest BCUT2D eigenvalue weighted by atomic mass is 10.2. The zero-order chi connectivity index (χ0) is 16.6. The Hall–Kier alpha value is -2.67. The number of aromatic nitrogens is 3. The first-order valence-corrected chi connectivity index (χ1v) is 6.99. The fourth-order valence-electron chi connectivity index (χ4n) is 2.75. The summed E-state index contributed by atoms with van der Waals surface area (Å²) in [6.45, 7) is -0.280. The Labute approximate surface area is 131 Å². The molecule has 6 N–H and O–H groups in total. The maximum Gasteiger partial charge on any atom is 0.223 e. The standard InChI is InChI=1S/C14H16N6O3/c15-3-1-2-7-5-20(10-4-8(22)9(6-21)23-10)13-11(7)12(16)18-14(17)19-13/h1-2,5,8-10,21-22H,4,6H2,(H4,16,17,18,19)/b2-1+/t8-,9+,10+/m0/s1. The zero-order valence-electron chi connectivity index (χ0n) is 12.1. The van der Waals surface area contributed by atoms with Gasteiger partial charge in [0.25, 0.3) is 0 Å². The lowest BCUT2D eigenvalue weighted by molar-refractivity contribution is -0.0430. The lowest BCUT2D eigenvalue weighted by Gasteiger charge is -2.14. The van der Waals surface area contributed by atoms with Crippen LogP contribution in [0.5, 0.6) is 0 Å². The summed E-state index contributed by atoms with van der Waals surface area (Å²) >= 11 is 0. The molecule has 3 rings (SSSR count). The molecule has 2 aromatic heterocycles. The third-order valence-electron chi connectivity index (χ3n) is 3.78. The van der Waals surface area contributed by atoms with E-state index in [9.17, 15) is 10.2 Å². The van der Waals surface area contributed by atoms with Crippen LogP contribution >= 0.6 is 0 Å². The van der Waals surface area contributed by atoms with E-state index in [1.165, 1.54) is 6.08 Å². The second kappa shape index (κ2) is 5.85. The fourth-order valence-corrected chi connectivity index (χ4v) is 2.75. The Balaban J connectivity index is 2.14. The molecule has 0 aromatic carbocycles. The maximum absolute atomic E-state index is 9.91. The number of ether oxygens (including phenoxy) is 1. The number of aliphatic hydroxyl groups is 2. The van der Waals surface area contributed by atoms with E-state index in [1.54, 1.807) is 16.8 Å². The van der Waals surface area contributed by atoms with Crippen molar-refractivity contribution in [3.05, 3.63) is 17.8 Å². The predicted molar refractivity (Wildman–Crippen MR) is 82.6 cm³/mol. The van der Waals surface area contributed by atoms with Crippen molar-refractivity contribution in [2.45, 2.75) is 24.9 Å². The number of nitriles is 1. The molecule has 9 heteroatoms. The van der Waals surface area contributed by atoms with Crippen LogP contribution in [-0.2, 0) is 4.74 Å². The van der Waals surface area contributed by atoms with Crippen molar-refractivity contribution in [1.82, 2.24) is 14.5 Å². The third kappa shape index (κ3) is 2.59. The maximum atomic E-state index is 9.91. The van der Waals surface area contributed by atoms with Gasteiger partial charge in [-0.1, -0.05) is 0 Å². The van der Waals surface area contributed by atoms with E-state index in [-0.39, 0.29) is 18.4 Å². The number of allylic oxidation sites excluding steroid dienone is 1. The molecule has 1 aliphatic rings. The molecule has 3 heterocycles. The zero-order valence-corrected chi connectivity index (χ0v) is 12.1. The van der Waals surface area contributed by atoms with E-state index in [0.717, 1.165) is 0 Å². The first-order chi connectivity index (χ1) is 11.0. The fraction of sp³-hybridized carbons (Fsp3) is 0.357. The number of nitrogens with zero attached hydrogens (tertiary/aromatic N) is 4. The van der Waals surface area contributed by atoms with Gasteiger partial charge in [-0.05, 0) is 6.08 Å². The highest BCUT2D eigenvalue weighted by molar-refractivity contribution is 5.95. The SMILES string of the molecule is N#C/C=C/c1cn([C@H]2C[C@H](O)[C@@H](CO)O2)c2nc(N)nc(N)c12. The number of hydrogen-bond acceptors (Lipinski definition) is 8. The largest absolute Gasteiger partial charge is 0.394 e. The van der Waals surface area contributed by atoms with Crippen LogP contribution in [0.25, 0.3) is 17.1 Å². The van der Waals surface area contributed by atoms with Gasteiger partial charge in [-0.25, -0.2) is 0 Å². The predicted octanol–water partition coefficient (Wildman–Crippen LogP) is -0.227. The summed E-state index contributed by atoms with van der Waals surface area (Å²) in [5.74, 6) is 0.212. The summed E-state index contributed by atoms with van der Waals surface area (Å²) in [5.41, 5.74) is 12.7. The quantitative estimate of drug-likeness (QED) is 0.566. The Morgan fingerprint density at radius 2 is 2.26 bits per heavy atom. The van der Waals surface area contributed by atoms with Crippen LogP contribution in [0, 0.1) is 11.3 Å². The minimum Gasteiger partial charge on any atom is -0.394 e. The highest BCUT2D eigenvalue weighted by Crippen LogP contribution is 2.35. The van der Waals surface area contributed by atoms with Gasteiger partial charge in [0, 0.05) is 24.3 Å². The van der Waals surface area contributed by atoms with E-state index in [2.05, 4.69) is 9.97 Å². The number of anilines is 2. The molecule has 0 bridgehead atoms. The van der Waals surface area contributed by atoms with Crippen LogP contribution in [0.4, 0.5) is 11.8 Å². The molecule has 0 unspecified atom stereocenters. The van der Waals surface area contributed by atoms with Gasteiger partial charge in [0.15, 0.2) is 0 Å². The minimum atomic E-state index is -0.780. The summed E-state index contributed by atoms with van der Waals surface area (Å²) in [6, 6.07) is 1.91. The van der Waals surface area contributed by atoms with Crippen molar-refractivity contribution >= 4 is 28.9 Å². The summed E-state index contributed by atoms with van der Waals surface area (Å²) in [6.07, 6.45) is 2.94. The van der Waals surface area contributed by atoms with Crippen LogP contribution in [-0.4, -0.2) is 43.6 Å². The number of fused-ring (bicyclic) bond motifs is 1. The summed E-state index contributed by atoms with van der Waals surface area (Å²) in [7, 11) is 0. The van der Waals surface area contributed by atoms with E-state index < -0.39 is 18.4 Å².